The van der Waals surface area contributed by atoms with Crippen molar-refractivity contribution in [1.82, 2.24) is 0 Å². The van der Waals surface area contributed by atoms with Gasteiger partial charge in [0, 0.05) is 0 Å². The van der Waals surface area contributed by atoms with Gasteiger partial charge in [0.05, 0.1) is 0 Å². The van der Waals surface area contributed by atoms with Gasteiger partial charge in [-0.05, 0) is 0 Å². The van der Waals surface area contributed by atoms with Crippen molar-refractivity contribution < 1.29 is 4.74 Å². The van der Waals surface area contributed by atoms with Crippen molar-refractivity contribution in [3.05, 3.63) is 66.7 Å². The van der Waals surface area contributed by atoms with Crippen LogP contribution in [0.3, 0.4) is 0 Å². The molecule has 0 saturated carbocycles. The standard InChI is InChI=1S/C17H14OTe/c1-18-15-7-10-16(11-8-15)19-17-9-6-13-4-2-3-5-14(13)12-17/h2-12H,1H3. The molecule has 2 heteroatoms. The average molecular weight is 362 g/mol. The number of ether oxygens (including phenoxy) is 1. The zero-order valence-corrected chi connectivity index (χ0v) is 13.0. The van der Waals surface area contributed by atoms with Gasteiger partial charge >= 0.3 is 123 Å². The number of methoxy groups -OCH3 is 1. The molecule has 1 nitrogen and oxygen atoms in total. The van der Waals surface area contributed by atoms with E-state index in [4.69, 9.17) is 4.74 Å². The molecule has 0 radical (unpaired) electrons. The molecule has 0 atom stereocenters. The molecule has 0 heterocycles. The quantitative estimate of drug-likeness (QED) is 0.651. The summed E-state index contributed by atoms with van der Waals surface area (Å²) in [7, 11) is 1.70. The van der Waals surface area contributed by atoms with Crippen molar-refractivity contribution in [1.29, 1.82) is 0 Å². The van der Waals surface area contributed by atoms with E-state index in [1.54, 1.807) is 7.11 Å². The minimum absolute atomic E-state index is 0.315. The maximum absolute atomic E-state index is 5.19. The predicted molar refractivity (Wildman–Crippen MR) is 82.0 cm³/mol. The van der Waals surface area contributed by atoms with Crippen molar-refractivity contribution in [2.45, 2.75) is 0 Å². The summed E-state index contributed by atoms with van der Waals surface area (Å²) in [5, 5.41) is 2.65. The van der Waals surface area contributed by atoms with Crippen LogP contribution < -0.4 is 12.0 Å². The van der Waals surface area contributed by atoms with Crippen LogP contribution in [0, 0.1) is 0 Å². The van der Waals surface area contributed by atoms with Crippen LogP contribution in [0.5, 0.6) is 5.75 Å². The van der Waals surface area contributed by atoms with Gasteiger partial charge in [0.15, 0.2) is 0 Å². The van der Waals surface area contributed by atoms with E-state index >= 15 is 0 Å². The first kappa shape index (κ1) is 12.5. The summed E-state index contributed by atoms with van der Waals surface area (Å²) in [6, 6.07) is 23.8. The van der Waals surface area contributed by atoms with E-state index in [1.807, 2.05) is 12.1 Å². The van der Waals surface area contributed by atoms with Gasteiger partial charge in [-0.1, -0.05) is 0 Å². The Balaban J connectivity index is 1.87. The molecule has 0 aliphatic rings. The normalized spacial score (nSPS) is 10.6. The van der Waals surface area contributed by atoms with Crippen LogP contribution in [-0.4, -0.2) is 28.0 Å². The van der Waals surface area contributed by atoms with E-state index < -0.39 is 0 Å². The van der Waals surface area contributed by atoms with Gasteiger partial charge in [-0.15, -0.1) is 0 Å². The summed E-state index contributed by atoms with van der Waals surface area (Å²) in [4.78, 5) is 0. The number of benzene rings is 3. The third-order valence-electron chi connectivity index (χ3n) is 3.02. The Bertz CT molecular complexity index is 689. The van der Waals surface area contributed by atoms with Crippen LogP contribution >= 0.6 is 0 Å². The molecule has 0 spiro atoms. The fraction of sp³-hybridized carbons (Fsp3) is 0.0588. The summed E-state index contributed by atoms with van der Waals surface area (Å²) in [5.41, 5.74) is 0. The Morgan fingerprint density at radius 2 is 1.42 bits per heavy atom. The van der Waals surface area contributed by atoms with Crippen molar-refractivity contribution in [3.63, 3.8) is 0 Å². The zero-order chi connectivity index (χ0) is 13.1. The molecule has 3 rings (SSSR count). The summed E-state index contributed by atoms with van der Waals surface area (Å²) >= 11 is -0.315. The predicted octanol–water partition coefficient (Wildman–Crippen LogP) is 2.50. The van der Waals surface area contributed by atoms with Crippen LogP contribution in [0.1, 0.15) is 0 Å². The molecule has 3 aromatic carbocycles. The fourth-order valence-corrected chi connectivity index (χ4v) is 4.48. The van der Waals surface area contributed by atoms with Crippen LogP contribution in [-0.2, 0) is 0 Å². The topological polar surface area (TPSA) is 9.23 Å². The van der Waals surface area contributed by atoms with Gasteiger partial charge in [0.2, 0.25) is 0 Å². The third-order valence-corrected chi connectivity index (χ3v) is 5.86. The Morgan fingerprint density at radius 1 is 0.737 bits per heavy atom. The zero-order valence-electron chi connectivity index (χ0n) is 10.7. The van der Waals surface area contributed by atoms with E-state index in [-0.39, 0.29) is 20.9 Å². The second-order valence-electron chi connectivity index (χ2n) is 4.29. The van der Waals surface area contributed by atoms with Gasteiger partial charge < -0.3 is 0 Å². The van der Waals surface area contributed by atoms with Crippen molar-refractivity contribution in [2.24, 2.45) is 0 Å². The molecule has 19 heavy (non-hydrogen) atoms. The van der Waals surface area contributed by atoms with Crippen molar-refractivity contribution >= 4 is 38.9 Å². The molecule has 0 fully saturated rings. The van der Waals surface area contributed by atoms with E-state index in [1.165, 1.54) is 18.0 Å². The average Bonchev–Trinajstić information content (AvgIpc) is 2.48. The Labute approximate surface area is 123 Å². The van der Waals surface area contributed by atoms with Crippen molar-refractivity contribution in [3.8, 4) is 5.75 Å². The van der Waals surface area contributed by atoms with Gasteiger partial charge in [-0.3, -0.25) is 0 Å². The number of fused-ring (bicyclic) bond motifs is 1. The molecule has 0 aliphatic carbocycles. The first-order chi connectivity index (χ1) is 9.35. The van der Waals surface area contributed by atoms with Gasteiger partial charge in [0.25, 0.3) is 0 Å². The number of hydrogen-bond donors (Lipinski definition) is 0. The van der Waals surface area contributed by atoms with Gasteiger partial charge in [0.1, 0.15) is 0 Å². The van der Waals surface area contributed by atoms with E-state index in [0.29, 0.717) is 0 Å². The fourth-order valence-electron chi connectivity index (χ4n) is 2.01. The van der Waals surface area contributed by atoms with Crippen LogP contribution in [0.15, 0.2) is 66.7 Å². The van der Waals surface area contributed by atoms with Gasteiger partial charge in [-0.2, -0.15) is 0 Å². The molecule has 0 bridgehead atoms. The summed E-state index contributed by atoms with van der Waals surface area (Å²) in [6.07, 6.45) is 0. The van der Waals surface area contributed by atoms with Crippen LogP contribution in [0.4, 0.5) is 0 Å². The monoisotopic (exact) mass is 364 g/mol. The molecule has 0 aliphatic heterocycles. The molecule has 0 saturated heterocycles. The third kappa shape index (κ3) is 2.92. The first-order valence-corrected chi connectivity index (χ1v) is 8.49. The van der Waals surface area contributed by atoms with E-state index in [0.717, 1.165) is 5.75 Å². The SMILES string of the molecule is COc1ccc([Te]c2ccc3ccccc3c2)cc1. The van der Waals surface area contributed by atoms with Crippen LogP contribution in [0.25, 0.3) is 10.8 Å². The van der Waals surface area contributed by atoms with E-state index in [2.05, 4.69) is 54.6 Å². The van der Waals surface area contributed by atoms with Crippen molar-refractivity contribution in [2.75, 3.05) is 7.11 Å². The first-order valence-electron chi connectivity index (χ1n) is 6.16. The van der Waals surface area contributed by atoms with Crippen LogP contribution in [0.2, 0.25) is 0 Å². The Hall–Kier alpha value is -1.49. The molecular weight excluding hydrogens is 348 g/mol. The maximum atomic E-state index is 5.19. The second-order valence-corrected chi connectivity index (χ2v) is 7.56. The van der Waals surface area contributed by atoms with Gasteiger partial charge in [-0.25, -0.2) is 0 Å². The minimum atomic E-state index is -0.315. The molecule has 0 N–H and O–H groups in total. The van der Waals surface area contributed by atoms with E-state index in [9.17, 15) is 0 Å². The molecule has 3 aromatic rings. The molecule has 0 aromatic heterocycles. The summed E-state index contributed by atoms with van der Waals surface area (Å²) in [5.74, 6) is 0.926. The summed E-state index contributed by atoms with van der Waals surface area (Å²) < 4.78 is 8.09. The molecule has 94 valence electrons. The Morgan fingerprint density at radius 3 is 2.16 bits per heavy atom. The molecule has 0 amide bonds. The number of hydrogen-bond acceptors (Lipinski definition) is 1. The second kappa shape index (κ2) is 5.65. The summed E-state index contributed by atoms with van der Waals surface area (Å²) in [6.45, 7) is 0. The number of rotatable bonds is 3. The molecule has 0 unspecified atom stereocenters. The molecular formula is C17H14OTe. The Kier molecular flexibility index (Phi) is 3.73.